The number of nitrogens with one attached hydrogen (secondary N) is 1. The van der Waals surface area contributed by atoms with Gasteiger partial charge in [0.1, 0.15) is 0 Å². The fourth-order valence-corrected chi connectivity index (χ4v) is 2.91. The first-order chi connectivity index (χ1) is 9.40. The second kappa shape index (κ2) is 6.14. The molecule has 1 heterocycles. The molecule has 2 atom stereocenters. The Morgan fingerprint density at radius 3 is 2.70 bits per heavy atom. The monoisotopic (exact) mass is 286 g/mol. The molecule has 0 bridgehead atoms. The van der Waals surface area contributed by atoms with Crippen LogP contribution in [0.25, 0.3) is 0 Å². The smallest absolute Gasteiger partial charge is 0.317 e. The third kappa shape index (κ3) is 3.73. The maximum Gasteiger partial charge on any atom is 0.416 e. The number of benzene rings is 1. The van der Waals surface area contributed by atoms with E-state index in [1.807, 2.05) is 7.05 Å². The first kappa shape index (κ1) is 15.3. The Hall–Kier alpha value is -1.07. The molecule has 1 saturated heterocycles. The first-order valence-electron chi connectivity index (χ1n) is 6.96. The molecule has 0 radical (unpaired) electrons. The van der Waals surface area contributed by atoms with Crippen LogP contribution in [-0.4, -0.2) is 31.1 Å². The molecule has 1 aromatic carbocycles. The van der Waals surface area contributed by atoms with Crippen molar-refractivity contribution >= 4 is 0 Å². The lowest BCUT2D eigenvalue weighted by Gasteiger charge is -2.36. The van der Waals surface area contributed by atoms with Gasteiger partial charge < -0.3 is 5.32 Å². The Labute approximate surface area is 118 Å². The van der Waals surface area contributed by atoms with Gasteiger partial charge in [-0.3, -0.25) is 4.90 Å². The second-order valence-electron chi connectivity index (χ2n) is 5.59. The lowest BCUT2D eigenvalue weighted by atomic mass is 9.93. The van der Waals surface area contributed by atoms with Crippen LogP contribution in [0.2, 0.25) is 0 Å². The van der Waals surface area contributed by atoms with Crippen molar-refractivity contribution in [2.24, 2.45) is 5.92 Å². The molecule has 0 saturated carbocycles. The highest BCUT2D eigenvalue weighted by molar-refractivity contribution is 5.25. The van der Waals surface area contributed by atoms with E-state index in [1.54, 1.807) is 6.07 Å². The molecular weight excluding hydrogens is 265 g/mol. The van der Waals surface area contributed by atoms with E-state index in [2.05, 4.69) is 17.1 Å². The maximum absolute atomic E-state index is 12.7. The molecule has 1 N–H and O–H groups in total. The lowest BCUT2D eigenvalue weighted by Crippen LogP contribution is -2.46. The van der Waals surface area contributed by atoms with Crippen molar-refractivity contribution in [2.45, 2.75) is 32.1 Å². The summed E-state index contributed by atoms with van der Waals surface area (Å²) in [5.74, 6) is 0.513. The average Bonchev–Trinajstić information content (AvgIpc) is 2.38. The van der Waals surface area contributed by atoms with E-state index in [0.29, 0.717) is 18.5 Å². The maximum atomic E-state index is 12.7. The molecule has 112 valence electrons. The highest BCUT2D eigenvalue weighted by atomic mass is 19.4. The predicted octanol–water partition coefficient (Wildman–Crippen LogP) is 3.14. The summed E-state index contributed by atoms with van der Waals surface area (Å²) in [7, 11) is 1.96. The Bertz CT molecular complexity index is 445. The molecule has 2 unspecified atom stereocenters. The van der Waals surface area contributed by atoms with Crippen LogP contribution in [0.5, 0.6) is 0 Å². The number of alkyl halides is 3. The molecule has 0 aliphatic carbocycles. The van der Waals surface area contributed by atoms with Crippen LogP contribution in [0.15, 0.2) is 24.3 Å². The highest BCUT2D eigenvalue weighted by Gasteiger charge is 2.30. The van der Waals surface area contributed by atoms with Gasteiger partial charge in [0.2, 0.25) is 0 Å². The number of rotatable bonds is 3. The normalized spacial score (nSPS) is 24.9. The third-order valence-corrected chi connectivity index (χ3v) is 4.02. The van der Waals surface area contributed by atoms with Crippen LogP contribution in [-0.2, 0) is 12.7 Å². The van der Waals surface area contributed by atoms with Crippen molar-refractivity contribution in [2.75, 3.05) is 20.1 Å². The summed E-state index contributed by atoms with van der Waals surface area (Å²) >= 11 is 0. The largest absolute Gasteiger partial charge is 0.416 e. The quantitative estimate of drug-likeness (QED) is 0.918. The van der Waals surface area contributed by atoms with Crippen LogP contribution < -0.4 is 5.32 Å². The van der Waals surface area contributed by atoms with Gasteiger partial charge in [0, 0.05) is 19.1 Å². The Morgan fingerprint density at radius 2 is 2.10 bits per heavy atom. The van der Waals surface area contributed by atoms with Gasteiger partial charge in [-0.1, -0.05) is 25.1 Å². The average molecular weight is 286 g/mol. The zero-order valence-corrected chi connectivity index (χ0v) is 11.9. The van der Waals surface area contributed by atoms with Crippen LogP contribution >= 0.6 is 0 Å². The Kier molecular flexibility index (Phi) is 4.70. The number of hydrogen-bond acceptors (Lipinski definition) is 2. The molecule has 1 aliphatic heterocycles. The molecule has 0 amide bonds. The number of hydrogen-bond donors (Lipinski definition) is 1. The second-order valence-corrected chi connectivity index (χ2v) is 5.59. The van der Waals surface area contributed by atoms with Gasteiger partial charge >= 0.3 is 6.18 Å². The van der Waals surface area contributed by atoms with E-state index in [1.165, 1.54) is 12.1 Å². The van der Waals surface area contributed by atoms with Gasteiger partial charge in [0.25, 0.3) is 0 Å². The minimum absolute atomic E-state index is 0.507. The van der Waals surface area contributed by atoms with Crippen molar-refractivity contribution in [3.05, 3.63) is 35.4 Å². The molecule has 0 aromatic heterocycles. The summed E-state index contributed by atoms with van der Waals surface area (Å²) in [5.41, 5.74) is 0.170. The van der Waals surface area contributed by atoms with E-state index >= 15 is 0 Å². The lowest BCUT2D eigenvalue weighted by molar-refractivity contribution is -0.137. The zero-order chi connectivity index (χ0) is 14.8. The molecular formula is C15H21F3N2. The Balaban J connectivity index is 2.01. The fraction of sp³-hybridized carbons (Fsp3) is 0.600. The SMILES string of the molecule is CNC1CCN(Cc2cccc(C(F)(F)F)c2)CC1C. The topological polar surface area (TPSA) is 15.3 Å². The fourth-order valence-electron chi connectivity index (χ4n) is 2.91. The minimum Gasteiger partial charge on any atom is -0.317 e. The summed E-state index contributed by atoms with van der Waals surface area (Å²) in [6.07, 6.45) is -3.22. The first-order valence-corrected chi connectivity index (χ1v) is 6.96. The van der Waals surface area contributed by atoms with E-state index in [-0.39, 0.29) is 0 Å². The molecule has 0 spiro atoms. The highest BCUT2D eigenvalue weighted by Crippen LogP contribution is 2.30. The van der Waals surface area contributed by atoms with Gasteiger partial charge in [-0.25, -0.2) is 0 Å². The molecule has 2 rings (SSSR count). The van der Waals surface area contributed by atoms with E-state index in [4.69, 9.17) is 0 Å². The number of halogens is 3. The van der Waals surface area contributed by atoms with E-state index < -0.39 is 11.7 Å². The molecule has 5 heteroatoms. The predicted molar refractivity (Wildman–Crippen MR) is 73.3 cm³/mol. The summed E-state index contributed by atoms with van der Waals surface area (Å²) in [6, 6.07) is 6.15. The van der Waals surface area contributed by atoms with Gasteiger partial charge in [-0.2, -0.15) is 13.2 Å². The van der Waals surface area contributed by atoms with Crippen molar-refractivity contribution in [3.8, 4) is 0 Å². The van der Waals surface area contributed by atoms with Crippen LogP contribution in [0, 0.1) is 5.92 Å². The van der Waals surface area contributed by atoms with Crippen LogP contribution in [0.3, 0.4) is 0 Å². The van der Waals surface area contributed by atoms with Crippen LogP contribution in [0.1, 0.15) is 24.5 Å². The van der Waals surface area contributed by atoms with E-state index in [9.17, 15) is 13.2 Å². The van der Waals surface area contributed by atoms with Crippen molar-refractivity contribution in [3.63, 3.8) is 0 Å². The third-order valence-electron chi connectivity index (χ3n) is 4.02. The van der Waals surface area contributed by atoms with Gasteiger partial charge in [0.05, 0.1) is 5.56 Å². The molecule has 20 heavy (non-hydrogen) atoms. The number of nitrogens with zero attached hydrogens (tertiary/aromatic N) is 1. The van der Waals surface area contributed by atoms with Crippen molar-refractivity contribution in [1.82, 2.24) is 10.2 Å². The molecule has 1 aliphatic rings. The summed E-state index contributed by atoms with van der Waals surface area (Å²) in [5, 5.41) is 3.29. The molecule has 1 aromatic rings. The van der Waals surface area contributed by atoms with E-state index in [0.717, 1.165) is 31.1 Å². The van der Waals surface area contributed by atoms with Crippen molar-refractivity contribution in [1.29, 1.82) is 0 Å². The summed E-state index contributed by atoms with van der Waals surface area (Å²) in [4.78, 5) is 2.23. The number of likely N-dealkylation sites (tertiary alicyclic amines) is 1. The zero-order valence-electron chi connectivity index (χ0n) is 11.9. The van der Waals surface area contributed by atoms with Gasteiger partial charge in [0.15, 0.2) is 0 Å². The minimum atomic E-state index is -4.26. The summed E-state index contributed by atoms with van der Waals surface area (Å²) in [6.45, 7) is 4.61. The van der Waals surface area contributed by atoms with Gasteiger partial charge in [-0.05, 0) is 37.6 Å². The summed E-state index contributed by atoms with van der Waals surface area (Å²) < 4.78 is 38.1. The van der Waals surface area contributed by atoms with Crippen LogP contribution in [0.4, 0.5) is 13.2 Å². The van der Waals surface area contributed by atoms with Gasteiger partial charge in [-0.15, -0.1) is 0 Å². The molecule has 1 fully saturated rings. The Morgan fingerprint density at radius 1 is 1.35 bits per heavy atom. The van der Waals surface area contributed by atoms with Crippen molar-refractivity contribution < 1.29 is 13.2 Å². The standard InChI is InChI=1S/C15H21F3N2/c1-11-9-20(7-6-14(11)19-2)10-12-4-3-5-13(8-12)15(16,17)18/h3-5,8,11,14,19H,6-7,9-10H2,1-2H3. The number of piperidine rings is 1. The molecule has 2 nitrogen and oxygen atoms in total.